The number of nitrogens with two attached hydrogens (primary N) is 1. The summed E-state index contributed by atoms with van der Waals surface area (Å²) in [5.41, 5.74) is 6.92. The van der Waals surface area contributed by atoms with Crippen molar-refractivity contribution >= 4 is 23.4 Å². The topological polar surface area (TPSA) is 41.6 Å². The normalized spacial score (nSPS) is 13.5. The molecule has 4 heteroatoms. The number of guanidine groups is 1. The van der Waals surface area contributed by atoms with Crippen LogP contribution in [0.3, 0.4) is 0 Å². The number of thioether (sulfide) groups is 1. The van der Waals surface area contributed by atoms with Gasteiger partial charge in [0.05, 0.1) is 5.69 Å². The number of hydrogen-bond donors (Lipinski definition) is 1. The molecule has 1 aromatic rings. The van der Waals surface area contributed by atoms with Gasteiger partial charge in [-0.3, -0.25) is 0 Å². The highest BCUT2D eigenvalue weighted by molar-refractivity contribution is 7.98. The fraction of sp³-hybridized carbons (Fsp3) is 0.462. The Bertz CT molecular complexity index is 351. The zero-order valence-electron chi connectivity index (χ0n) is 10.8. The van der Waals surface area contributed by atoms with E-state index in [0.29, 0.717) is 12.0 Å². The fourth-order valence-electron chi connectivity index (χ4n) is 1.60. The molecule has 3 nitrogen and oxygen atoms in total. The van der Waals surface area contributed by atoms with Crippen LogP contribution in [-0.4, -0.2) is 36.0 Å². The zero-order valence-corrected chi connectivity index (χ0v) is 11.6. The molecule has 1 aromatic carbocycles. The Morgan fingerprint density at radius 1 is 1.41 bits per heavy atom. The van der Waals surface area contributed by atoms with E-state index in [1.807, 2.05) is 49.1 Å². The van der Waals surface area contributed by atoms with E-state index in [-0.39, 0.29) is 0 Å². The Balaban J connectivity index is 2.74. The molecule has 94 valence electrons. The molecule has 0 aliphatic rings. The maximum atomic E-state index is 6.02. The first-order chi connectivity index (χ1) is 8.19. The molecule has 0 radical (unpaired) electrons. The molecule has 0 spiro atoms. The lowest BCUT2D eigenvalue weighted by atomic mass is 10.2. The van der Waals surface area contributed by atoms with Gasteiger partial charge in [0, 0.05) is 18.8 Å². The molecule has 1 atom stereocenters. The van der Waals surface area contributed by atoms with Gasteiger partial charge in [0.2, 0.25) is 0 Å². The minimum Gasteiger partial charge on any atom is -0.369 e. The SMILES string of the molecule is CCC(CSC)N(C)C(N)=Nc1ccccc1. The second kappa shape index (κ2) is 7.22. The highest BCUT2D eigenvalue weighted by Crippen LogP contribution is 2.12. The zero-order chi connectivity index (χ0) is 12.7. The van der Waals surface area contributed by atoms with Crippen LogP contribution in [0.1, 0.15) is 13.3 Å². The third-order valence-electron chi connectivity index (χ3n) is 2.74. The summed E-state index contributed by atoms with van der Waals surface area (Å²) in [6, 6.07) is 10.3. The first-order valence-electron chi connectivity index (χ1n) is 5.80. The van der Waals surface area contributed by atoms with E-state index in [0.717, 1.165) is 17.9 Å². The average Bonchev–Trinajstić information content (AvgIpc) is 2.36. The van der Waals surface area contributed by atoms with Crippen molar-refractivity contribution in [3.05, 3.63) is 30.3 Å². The molecule has 0 aliphatic carbocycles. The summed E-state index contributed by atoms with van der Waals surface area (Å²) in [5, 5.41) is 0. The molecular formula is C13H21N3S. The first-order valence-corrected chi connectivity index (χ1v) is 7.19. The maximum Gasteiger partial charge on any atom is 0.196 e. The molecule has 0 bridgehead atoms. The van der Waals surface area contributed by atoms with Gasteiger partial charge in [-0.05, 0) is 24.8 Å². The van der Waals surface area contributed by atoms with Crippen molar-refractivity contribution in [1.29, 1.82) is 0 Å². The van der Waals surface area contributed by atoms with Gasteiger partial charge in [-0.15, -0.1) is 0 Å². The lowest BCUT2D eigenvalue weighted by Crippen LogP contribution is -2.42. The van der Waals surface area contributed by atoms with Crippen LogP contribution >= 0.6 is 11.8 Å². The van der Waals surface area contributed by atoms with Crippen LogP contribution in [0.2, 0.25) is 0 Å². The number of nitrogens with zero attached hydrogens (tertiary/aromatic N) is 2. The van der Waals surface area contributed by atoms with Crippen LogP contribution < -0.4 is 5.73 Å². The van der Waals surface area contributed by atoms with Crippen molar-refractivity contribution in [1.82, 2.24) is 4.90 Å². The van der Waals surface area contributed by atoms with E-state index >= 15 is 0 Å². The largest absolute Gasteiger partial charge is 0.369 e. The van der Waals surface area contributed by atoms with Crippen molar-refractivity contribution in [2.75, 3.05) is 19.1 Å². The van der Waals surface area contributed by atoms with E-state index in [9.17, 15) is 0 Å². The summed E-state index contributed by atoms with van der Waals surface area (Å²) < 4.78 is 0. The van der Waals surface area contributed by atoms with E-state index in [1.54, 1.807) is 0 Å². The minimum atomic E-state index is 0.442. The van der Waals surface area contributed by atoms with Gasteiger partial charge >= 0.3 is 0 Å². The number of rotatable bonds is 5. The van der Waals surface area contributed by atoms with Crippen LogP contribution in [0.25, 0.3) is 0 Å². The van der Waals surface area contributed by atoms with E-state index in [1.165, 1.54) is 0 Å². The molecule has 0 saturated heterocycles. The van der Waals surface area contributed by atoms with E-state index < -0.39 is 0 Å². The molecule has 1 rings (SSSR count). The number of aliphatic imine (C=N–C) groups is 1. The summed E-state index contributed by atoms with van der Waals surface area (Å²) in [6.45, 7) is 2.17. The van der Waals surface area contributed by atoms with Gasteiger partial charge in [0.15, 0.2) is 5.96 Å². The first kappa shape index (κ1) is 13.9. The maximum absolute atomic E-state index is 6.02. The summed E-state index contributed by atoms with van der Waals surface area (Å²) in [5.74, 6) is 1.65. The summed E-state index contributed by atoms with van der Waals surface area (Å²) >= 11 is 1.83. The number of para-hydroxylation sites is 1. The quantitative estimate of drug-likeness (QED) is 0.646. The van der Waals surface area contributed by atoms with Crippen molar-refractivity contribution in [3.63, 3.8) is 0 Å². The summed E-state index contributed by atoms with van der Waals surface area (Å²) in [7, 11) is 2.01. The number of hydrogen-bond acceptors (Lipinski definition) is 2. The van der Waals surface area contributed by atoms with Crippen LogP contribution in [0, 0.1) is 0 Å². The molecule has 17 heavy (non-hydrogen) atoms. The molecule has 0 aliphatic heterocycles. The second-order valence-corrected chi connectivity index (χ2v) is 4.84. The predicted molar refractivity (Wildman–Crippen MR) is 77.9 cm³/mol. The van der Waals surface area contributed by atoms with Crippen LogP contribution in [-0.2, 0) is 0 Å². The van der Waals surface area contributed by atoms with Crippen molar-refractivity contribution < 1.29 is 0 Å². The van der Waals surface area contributed by atoms with Gasteiger partial charge in [0.25, 0.3) is 0 Å². The third kappa shape index (κ3) is 4.30. The van der Waals surface area contributed by atoms with Gasteiger partial charge in [-0.2, -0.15) is 11.8 Å². The van der Waals surface area contributed by atoms with Gasteiger partial charge < -0.3 is 10.6 Å². The van der Waals surface area contributed by atoms with Gasteiger partial charge in [-0.1, -0.05) is 25.1 Å². The lowest BCUT2D eigenvalue weighted by Gasteiger charge is -2.27. The molecule has 2 N–H and O–H groups in total. The van der Waals surface area contributed by atoms with Gasteiger partial charge in [0.1, 0.15) is 0 Å². The Morgan fingerprint density at radius 3 is 2.59 bits per heavy atom. The predicted octanol–water partition coefficient (Wildman–Crippen LogP) is 2.71. The highest BCUT2D eigenvalue weighted by atomic mass is 32.2. The molecule has 0 heterocycles. The van der Waals surface area contributed by atoms with Crippen molar-refractivity contribution in [2.45, 2.75) is 19.4 Å². The Hall–Kier alpha value is -1.16. The van der Waals surface area contributed by atoms with E-state index in [4.69, 9.17) is 5.73 Å². The lowest BCUT2D eigenvalue weighted by molar-refractivity contribution is 0.383. The van der Waals surface area contributed by atoms with Crippen LogP contribution in [0.5, 0.6) is 0 Å². The smallest absolute Gasteiger partial charge is 0.196 e. The van der Waals surface area contributed by atoms with E-state index in [2.05, 4.69) is 23.1 Å². The Morgan fingerprint density at radius 2 is 2.06 bits per heavy atom. The molecule has 0 saturated carbocycles. The average molecular weight is 251 g/mol. The number of benzene rings is 1. The van der Waals surface area contributed by atoms with Gasteiger partial charge in [-0.25, -0.2) is 4.99 Å². The minimum absolute atomic E-state index is 0.442. The second-order valence-electron chi connectivity index (χ2n) is 3.93. The Labute approximate surface area is 108 Å². The van der Waals surface area contributed by atoms with Crippen LogP contribution in [0.15, 0.2) is 35.3 Å². The standard InChI is InChI=1S/C13H21N3S/c1-4-12(10-17-3)16(2)13(14)15-11-8-6-5-7-9-11/h5-9,12H,4,10H2,1-3H3,(H2,14,15). The van der Waals surface area contributed by atoms with Crippen LogP contribution in [0.4, 0.5) is 5.69 Å². The van der Waals surface area contributed by atoms with Crippen molar-refractivity contribution in [2.24, 2.45) is 10.7 Å². The molecule has 1 unspecified atom stereocenters. The molecule has 0 amide bonds. The van der Waals surface area contributed by atoms with Crippen molar-refractivity contribution in [3.8, 4) is 0 Å². The third-order valence-corrected chi connectivity index (χ3v) is 3.46. The molecular weight excluding hydrogens is 230 g/mol. The molecule has 0 aromatic heterocycles. The molecule has 0 fully saturated rings. The summed E-state index contributed by atoms with van der Waals surface area (Å²) in [6.07, 6.45) is 3.18. The monoisotopic (exact) mass is 251 g/mol. The fourth-order valence-corrected chi connectivity index (χ4v) is 2.44. The highest BCUT2D eigenvalue weighted by Gasteiger charge is 2.13. The Kier molecular flexibility index (Phi) is 5.91. The summed E-state index contributed by atoms with van der Waals surface area (Å²) in [4.78, 5) is 6.48.